The molecule has 2 heterocycles. The first-order valence-electron chi connectivity index (χ1n) is 10.1. The van der Waals surface area contributed by atoms with E-state index in [1.165, 1.54) is 0 Å². The van der Waals surface area contributed by atoms with Gasteiger partial charge in [-0.1, -0.05) is 18.2 Å². The number of amides is 2. The van der Waals surface area contributed by atoms with Crippen molar-refractivity contribution in [1.29, 1.82) is 0 Å². The van der Waals surface area contributed by atoms with Crippen LogP contribution < -0.4 is 15.4 Å². The number of rotatable bonds is 6. The molecule has 3 N–H and O–H groups in total. The number of hydrogen-bond acceptors (Lipinski definition) is 6. The molecular formula is C21H31N3O5. The van der Waals surface area contributed by atoms with Crippen LogP contribution in [0.1, 0.15) is 26.2 Å². The first-order valence-corrected chi connectivity index (χ1v) is 10.1. The van der Waals surface area contributed by atoms with Crippen LogP contribution in [0, 0.1) is 0 Å². The van der Waals surface area contributed by atoms with Crippen LogP contribution in [0.5, 0.6) is 5.75 Å². The van der Waals surface area contributed by atoms with Crippen molar-refractivity contribution in [2.45, 2.75) is 43.4 Å². The topological polar surface area (TPSA) is 100 Å². The van der Waals surface area contributed by atoms with Gasteiger partial charge in [0.25, 0.3) is 5.91 Å². The van der Waals surface area contributed by atoms with Crippen LogP contribution in [-0.2, 0) is 14.3 Å². The van der Waals surface area contributed by atoms with Gasteiger partial charge in [0.05, 0.1) is 24.3 Å². The van der Waals surface area contributed by atoms with Crippen LogP contribution in [0.15, 0.2) is 30.3 Å². The van der Waals surface area contributed by atoms with E-state index in [0.29, 0.717) is 44.6 Å². The minimum Gasteiger partial charge on any atom is -0.484 e. The van der Waals surface area contributed by atoms with Crippen molar-refractivity contribution in [2.75, 3.05) is 39.9 Å². The van der Waals surface area contributed by atoms with Gasteiger partial charge in [0.1, 0.15) is 11.9 Å². The maximum atomic E-state index is 12.5. The van der Waals surface area contributed by atoms with E-state index >= 15 is 0 Å². The second-order valence-corrected chi connectivity index (χ2v) is 8.17. The summed E-state index contributed by atoms with van der Waals surface area (Å²) in [6, 6.07) is 9.14. The minimum atomic E-state index is -0.813. The number of para-hydroxylation sites is 1. The molecule has 1 spiro atoms. The summed E-state index contributed by atoms with van der Waals surface area (Å²) in [7, 11) is 1.75. The van der Waals surface area contributed by atoms with Crippen molar-refractivity contribution in [2.24, 2.45) is 0 Å². The molecule has 2 atom stereocenters. The lowest BCUT2D eigenvalue weighted by atomic mass is 9.74. The fourth-order valence-electron chi connectivity index (χ4n) is 4.17. The summed E-state index contributed by atoms with van der Waals surface area (Å²) in [5, 5.41) is 16.4. The third-order valence-corrected chi connectivity index (χ3v) is 5.87. The van der Waals surface area contributed by atoms with Crippen molar-refractivity contribution in [1.82, 2.24) is 15.5 Å². The third kappa shape index (κ3) is 5.26. The number of carbonyl (C=O) groups excluding carboxylic acids is 2. The highest BCUT2D eigenvalue weighted by Gasteiger charge is 2.50. The first kappa shape index (κ1) is 21.5. The molecule has 3 rings (SSSR count). The molecular weight excluding hydrogens is 374 g/mol. The van der Waals surface area contributed by atoms with Crippen LogP contribution in [0.2, 0.25) is 0 Å². The van der Waals surface area contributed by atoms with Crippen molar-refractivity contribution in [3.8, 4) is 5.75 Å². The number of likely N-dealkylation sites (N-methyl/N-ethyl adjacent to an activating group) is 1. The zero-order valence-electron chi connectivity index (χ0n) is 17.1. The van der Waals surface area contributed by atoms with Crippen molar-refractivity contribution in [3.63, 3.8) is 0 Å². The highest BCUT2D eigenvalue weighted by molar-refractivity contribution is 5.79. The monoisotopic (exact) mass is 405 g/mol. The Morgan fingerprint density at radius 2 is 1.97 bits per heavy atom. The molecule has 0 radical (unpaired) electrons. The summed E-state index contributed by atoms with van der Waals surface area (Å²) in [6.07, 6.45) is 1.05. The van der Waals surface area contributed by atoms with E-state index in [-0.39, 0.29) is 25.0 Å². The summed E-state index contributed by atoms with van der Waals surface area (Å²) in [6.45, 7) is 3.42. The number of carbonyl (C=O) groups is 2. The molecule has 8 heteroatoms. The lowest BCUT2D eigenvalue weighted by Crippen LogP contribution is -2.66. The highest BCUT2D eigenvalue weighted by Crippen LogP contribution is 2.39. The fraction of sp³-hybridized carbons (Fsp3) is 0.619. The number of aliphatic hydroxyl groups is 1. The Morgan fingerprint density at radius 3 is 2.62 bits per heavy atom. The van der Waals surface area contributed by atoms with Gasteiger partial charge in [0, 0.05) is 19.5 Å². The largest absolute Gasteiger partial charge is 0.484 e. The lowest BCUT2D eigenvalue weighted by Gasteiger charge is -2.52. The fourth-order valence-corrected chi connectivity index (χ4v) is 4.17. The Bertz CT molecular complexity index is 706. The Kier molecular flexibility index (Phi) is 6.77. The Balaban J connectivity index is 1.57. The zero-order valence-corrected chi connectivity index (χ0v) is 17.1. The Morgan fingerprint density at radius 1 is 1.28 bits per heavy atom. The van der Waals surface area contributed by atoms with Crippen LogP contribution in [-0.4, -0.2) is 79.0 Å². The molecule has 8 nitrogen and oxygen atoms in total. The van der Waals surface area contributed by atoms with Gasteiger partial charge in [-0.2, -0.15) is 0 Å². The van der Waals surface area contributed by atoms with Gasteiger partial charge in [0.15, 0.2) is 6.61 Å². The van der Waals surface area contributed by atoms with E-state index in [1.54, 1.807) is 19.2 Å². The number of likely N-dealkylation sites (tertiary alicyclic amines) is 1. The molecule has 2 saturated heterocycles. The average Bonchev–Trinajstić information content (AvgIpc) is 2.71. The molecule has 0 aliphatic carbocycles. The van der Waals surface area contributed by atoms with Crippen molar-refractivity contribution >= 4 is 11.8 Å². The van der Waals surface area contributed by atoms with E-state index in [0.717, 1.165) is 0 Å². The van der Waals surface area contributed by atoms with Crippen LogP contribution in [0.25, 0.3) is 0 Å². The molecule has 29 heavy (non-hydrogen) atoms. The summed E-state index contributed by atoms with van der Waals surface area (Å²) in [4.78, 5) is 26.4. The smallest absolute Gasteiger partial charge is 0.258 e. The maximum absolute atomic E-state index is 12.5. The van der Waals surface area contributed by atoms with Gasteiger partial charge < -0.3 is 30.1 Å². The second kappa shape index (κ2) is 9.11. The number of ether oxygens (including phenoxy) is 2. The molecule has 2 amide bonds. The van der Waals surface area contributed by atoms with E-state index in [2.05, 4.69) is 10.6 Å². The van der Waals surface area contributed by atoms with Crippen LogP contribution in [0.4, 0.5) is 0 Å². The molecule has 0 unspecified atom stereocenters. The molecule has 1 aromatic carbocycles. The molecule has 2 fully saturated rings. The normalized spacial score (nSPS) is 26.2. The number of piperidine rings is 1. The number of nitrogens with one attached hydrogen (secondary N) is 2. The van der Waals surface area contributed by atoms with E-state index in [4.69, 9.17) is 9.47 Å². The van der Waals surface area contributed by atoms with E-state index in [9.17, 15) is 14.7 Å². The number of hydrogen-bond donors (Lipinski definition) is 3. The number of benzene rings is 1. The predicted octanol–water partition coefficient (Wildman–Crippen LogP) is 0.302. The zero-order chi connectivity index (χ0) is 20.9. The lowest BCUT2D eigenvalue weighted by molar-refractivity contribution is -0.183. The van der Waals surface area contributed by atoms with Gasteiger partial charge in [-0.3, -0.25) is 9.59 Å². The summed E-state index contributed by atoms with van der Waals surface area (Å²) in [5.74, 6) is 0.414. The molecule has 1 aromatic rings. The van der Waals surface area contributed by atoms with Gasteiger partial charge >= 0.3 is 0 Å². The molecule has 0 saturated carbocycles. The molecule has 2 aliphatic rings. The highest BCUT2D eigenvalue weighted by atomic mass is 16.5. The summed E-state index contributed by atoms with van der Waals surface area (Å²) < 4.78 is 11.5. The Labute approximate surface area is 171 Å². The second-order valence-electron chi connectivity index (χ2n) is 8.17. The van der Waals surface area contributed by atoms with Crippen LogP contribution >= 0.6 is 0 Å². The van der Waals surface area contributed by atoms with E-state index in [1.807, 2.05) is 30.0 Å². The summed E-state index contributed by atoms with van der Waals surface area (Å²) >= 11 is 0. The summed E-state index contributed by atoms with van der Waals surface area (Å²) in [5.41, 5.74) is -1.26. The predicted molar refractivity (Wildman–Crippen MR) is 108 cm³/mol. The Hall–Kier alpha value is -2.16. The van der Waals surface area contributed by atoms with Gasteiger partial charge in [0.2, 0.25) is 5.91 Å². The van der Waals surface area contributed by atoms with Crippen LogP contribution in [0.3, 0.4) is 0 Å². The average molecular weight is 405 g/mol. The van der Waals surface area contributed by atoms with E-state index < -0.39 is 17.2 Å². The molecule has 160 valence electrons. The molecule has 0 aromatic heterocycles. The minimum absolute atomic E-state index is 0.0762. The van der Waals surface area contributed by atoms with Gasteiger partial charge in [-0.05, 0) is 38.9 Å². The molecule has 0 bridgehead atoms. The number of aliphatic hydroxyl groups excluding tert-OH is 1. The molecule has 2 aliphatic heterocycles. The van der Waals surface area contributed by atoms with Crippen molar-refractivity contribution < 1.29 is 24.2 Å². The van der Waals surface area contributed by atoms with Gasteiger partial charge in [-0.15, -0.1) is 0 Å². The number of nitrogens with zero attached hydrogens (tertiary/aromatic N) is 1. The standard InChI is InChI=1S/C21H31N3O5/c1-20(23-18(26)14-28-16-6-4-3-5-7-16)15-21(29-13-17(20)25)8-10-24(11-9-21)19(27)12-22-2/h3-7,17,22,25H,8-15H2,1-2H3,(H,23,26)/t17-,20-/m0/s1. The van der Waals surface area contributed by atoms with Gasteiger partial charge in [-0.25, -0.2) is 0 Å². The SMILES string of the molecule is CNCC(=O)N1CCC2(CC1)C[C@](C)(NC(=O)COc1ccccc1)[C@@H](O)CO2. The first-order chi connectivity index (χ1) is 13.9. The van der Waals surface area contributed by atoms with Crippen molar-refractivity contribution in [3.05, 3.63) is 30.3 Å². The third-order valence-electron chi connectivity index (χ3n) is 5.87. The quantitative estimate of drug-likeness (QED) is 0.630. The maximum Gasteiger partial charge on any atom is 0.258 e.